The summed E-state index contributed by atoms with van der Waals surface area (Å²) in [6.07, 6.45) is 2.58. The fourth-order valence-corrected chi connectivity index (χ4v) is 2.88. The van der Waals surface area contributed by atoms with Crippen molar-refractivity contribution in [3.05, 3.63) is 46.7 Å². The van der Waals surface area contributed by atoms with E-state index in [9.17, 15) is 14.0 Å². The summed E-state index contributed by atoms with van der Waals surface area (Å²) in [5.41, 5.74) is 0.721. The van der Waals surface area contributed by atoms with Gasteiger partial charge in [0.15, 0.2) is 5.13 Å². The molecule has 0 radical (unpaired) electrons. The summed E-state index contributed by atoms with van der Waals surface area (Å²) < 4.78 is 12.9. The monoisotopic (exact) mass is 349 g/mol. The molecule has 0 unspecified atom stereocenters. The molecule has 1 aromatic heterocycles. The number of nitrogens with zero attached hydrogens (tertiary/aromatic N) is 2. The van der Waals surface area contributed by atoms with Crippen molar-refractivity contribution in [1.82, 2.24) is 9.88 Å². The SMILES string of the molecule is CCCN(CC(=O)Nc1ncc(C)s1)C(=O)Cc1ccc(F)cc1. The van der Waals surface area contributed by atoms with Crippen molar-refractivity contribution in [2.24, 2.45) is 0 Å². The Balaban J connectivity index is 1.95. The van der Waals surface area contributed by atoms with E-state index < -0.39 is 0 Å². The van der Waals surface area contributed by atoms with Gasteiger partial charge in [-0.25, -0.2) is 9.37 Å². The Morgan fingerprint density at radius 1 is 1.29 bits per heavy atom. The number of aromatic nitrogens is 1. The number of carbonyl (C=O) groups is 2. The Bertz CT molecular complexity index is 700. The number of aryl methyl sites for hydroxylation is 1. The van der Waals surface area contributed by atoms with E-state index in [1.165, 1.54) is 28.4 Å². The number of benzene rings is 1. The largest absolute Gasteiger partial charge is 0.333 e. The molecule has 2 rings (SSSR count). The third-order valence-corrected chi connectivity index (χ3v) is 4.15. The molecule has 0 fully saturated rings. The quantitative estimate of drug-likeness (QED) is 0.836. The van der Waals surface area contributed by atoms with Crippen LogP contribution in [0.4, 0.5) is 9.52 Å². The van der Waals surface area contributed by atoms with Gasteiger partial charge in [-0.05, 0) is 31.0 Å². The summed E-state index contributed by atoms with van der Waals surface area (Å²) in [6, 6.07) is 5.81. The van der Waals surface area contributed by atoms with Gasteiger partial charge in [-0.3, -0.25) is 9.59 Å². The first kappa shape index (κ1) is 18.1. The van der Waals surface area contributed by atoms with Gasteiger partial charge in [0.05, 0.1) is 13.0 Å². The lowest BCUT2D eigenvalue weighted by Crippen LogP contribution is -2.39. The summed E-state index contributed by atoms with van der Waals surface area (Å²) >= 11 is 1.39. The Morgan fingerprint density at radius 3 is 2.58 bits per heavy atom. The molecule has 2 aromatic rings. The summed E-state index contributed by atoms with van der Waals surface area (Å²) in [5.74, 6) is -0.770. The highest BCUT2D eigenvalue weighted by Crippen LogP contribution is 2.16. The summed E-state index contributed by atoms with van der Waals surface area (Å²) in [6.45, 7) is 4.32. The average Bonchev–Trinajstić information content (AvgIpc) is 2.94. The molecule has 5 nitrogen and oxygen atoms in total. The minimum atomic E-state index is -0.338. The number of hydrogen-bond acceptors (Lipinski definition) is 4. The number of amides is 2. The zero-order valence-electron chi connectivity index (χ0n) is 13.7. The second-order valence-corrected chi connectivity index (χ2v) is 6.68. The second-order valence-electron chi connectivity index (χ2n) is 5.44. The number of carbonyl (C=O) groups excluding carboxylic acids is 2. The van der Waals surface area contributed by atoms with E-state index in [1.807, 2.05) is 13.8 Å². The van der Waals surface area contributed by atoms with Crippen molar-refractivity contribution in [2.75, 3.05) is 18.4 Å². The maximum atomic E-state index is 12.9. The molecule has 128 valence electrons. The van der Waals surface area contributed by atoms with E-state index in [-0.39, 0.29) is 30.6 Å². The lowest BCUT2D eigenvalue weighted by atomic mass is 10.1. The molecule has 0 saturated carbocycles. The highest BCUT2D eigenvalue weighted by atomic mass is 32.1. The number of rotatable bonds is 7. The van der Waals surface area contributed by atoms with Crippen molar-refractivity contribution in [3.8, 4) is 0 Å². The summed E-state index contributed by atoms with van der Waals surface area (Å²) in [4.78, 5) is 31.1. The molecule has 1 heterocycles. The Morgan fingerprint density at radius 2 is 2.00 bits per heavy atom. The molecular weight excluding hydrogens is 329 g/mol. The van der Waals surface area contributed by atoms with Crippen LogP contribution >= 0.6 is 11.3 Å². The van der Waals surface area contributed by atoms with Crippen LogP contribution in [0.2, 0.25) is 0 Å². The molecule has 0 bridgehead atoms. The van der Waals surface area contributed by atoms with Crippen LogP contribution in [0.3, 0.4) is 0 Å². The molecule has 2 amide bonds. The first-order chi connectivity index (χ1) is 11.5. The standard InChI is InChI=1S/C17H20FN3O2S/c1-3-8-21(11-15(22)20-17-19-10-12(2)24-17)16(23)9-13-4-6-14(18)7-5-13/h4-7,10H,3,8-9,11H2,1-2H3,(H,19,20,22). The molecule has 24 heavy (non-hydrogen) atoms. The molecule has 7 heteroatoms. The van der Waals surface area contributed by atoms with E-state index in [4.69, 9.17) is 0 Å². The van der Waals surface area contributed by atoms with Crippen LogP contribution in [-0.4, -0.2) is 34.8 Å². The van der Waals surface area contributed by atoms with Crippen LogP contribution < -0.4 is 5.32 Å². The average molecular weight is 349 g/mol. The molecule has 0 aliphatic carbocycles. The number of anilines is 1. The van der Waals surface area contributed by atoms with Crippen molar-refractivity contribution >= 4 is 28.3 Å². The van der Waals surface area contributed by atoms with Gasteiger partial charge in [0, 0.05) is 17.6 Å². The number of nitrogens with one attached hydrogen (secondary N) is 1. The molecule has 0 saturated heterocycles. The predicted molar refractivity (Wildman–Crippen MR) is 92.5 cm³/mol. The van der Waals surface area contributed by atoms with E-state index in [0.29, 0.717) is 11.7 Å². The zero-order chi connectivity index (χ0) is 17.5. The molecular formula is C17H20FN3O2S. The highest BCUT2D eigenvalue weighted by Gasteiger charge is 2.17. The normalized spacial score (nSPS) is 10.5. The Hall–Kier alpha value is -2.28. The topological polar surface area (TPSA) is 62.3 Å². The first-order valence-corrected chi connectivity index (χ1v) is 8.54. The maximum Gasteiger partial charge on any atom is 0.245 e. The van der Waals surface area contributed by atoms with Crippen LogP contribution in [0.25, 0.3) is 0 Å². The van der Waals surface area contributed by atoms with Crippen LogP contribution in [0.1, 0.15) is 23.8 Å². The smallest absolute Gasteiger partial charge is 0.245 e. The van der Waals surface area contributed by atoms with Crippen molar-refractivity contribution in [2.45, 2.75) is 26.7 Å². The third kappa shape index (κ3) is 5.42. The lowest BCUT2D eigenvalue weighted by Gasteiger charge is -2.21. The number of thiazole rings is 1. The van der Waals surface area contributed by atoms with Gasteiger partial charge < -0.3 is 10.2 Å². The van der Waals surface area contributed by atoms with E-state index in [0.717, 1.165) is 16.9 Å². The molecule has 0 aliphatic rings. The van der Waals surface area contributed by atoms with Gasteiger partial charge >= 0.3 is 0 Å². The van der Waals surface area contributed by atoms with E-state index in [1.54, 1.807) is 18.3 Å². The Kier molecular flexibility index (Phi) is 6.43. The van der Waals surface area contributed by atoms with Crippen LogP contribution in [-0.2, 0) is 16.0 Å². The number of halogens is 1. The van der Waals surface area contributed by atoms with Gasteiger partial charge in [0.1, 0.15) is 5.82 Å². The molecule has 1 N–H and O–H groups in total. The molecule has 0 atom stereocenters. The van der Waals surface area contributed by atoms with Gasteiger partial charge in [-0.2, -0.15) is 0 Å². The van der Waals surface area contributed by atoms with E-state index >= 15 is 0 Å². The molecule has 0 aliphatic heterocycles. The fraction of sp³-hybridized carbons (Fsp3) is 0.353. The summed E-state index contributed by atoms with van der Waals surface area (Å²) in [5, 5.41) is 3.23. The first-order valence-electron chi connectivity index (χ1n) is 7.72. The van der Waals surface area contributed by atoms with Crippen LogP contribution in [0, 0.1) is 12.7 Å². The zero-order valence-corrected chi connectivity index (χ0v) is 14.5. The molecule has 1 aromatic carbocycles. The van der Waals surface area contributed by atoms with Crippen LogP contribution in [0.5, 0.6) is 0 Å². The van der Waals surface area contributed by atoms with E-state index in [2.05, 4.69) is 10.3 Å². The third-order valence-electron chi connectivity index (χ3n) is 3.32. The van der Waals surface area contributed by atoms with Crippen molar-refractivity contribution < 1.29 is 14.0 Å². The minimum Gasteiger partial charge on any atom is -0.333 e. The fourth-order valence-electron chi connectivity index (χ4n) is 2.20. The van der Waals surface area contributed by atoms with Gasteiger partial charge in [-0.1, -0.05) is 19.1 Å². The van der Waals surface area contributed by atoms with Crippen molar-refractivity contribution in [3.63, 3.8) is 0 Å². The highest BCUT2D eigenvalue weighted by molar-refractivity contribution is 7.15. The maximum absolute atomic E-state index is 12.9. The van der Waals surface area contributed by atoms with Gasteiger partial charge in [0.25, 0.3) is 0 Å². The Labute approximate surface area is 144 Å². The second kappa shape index (κ2) is 8.54. The predicted octanol–water partition coefficient (Wildman–Crippen LogP) is 3.01. The lowest BCUT2D eigenvalue weighted by molar-refractivity contribution is -0.134. The minimum absolute atomic E-state index is 0.0213. The van der Waals surface area contributed by atoms with Crippen LogP contribution in [0.15, 0.2) is 30.5 Å². The van der Waals surface area contributed by atoms with Gasteiger partial charge in [0.2, 0.25) is 11.8 Å². The number of hydrogen-bond donors (Lipinski definition) is 1. The van der Waals surface area contributed by atoms with Crippen molar-refractivity contribution in [1.29, 1.82) is 0 Å². The van der Waals surface area contributed by atoms with Gasteiger partial charge in [-0.15, -0.1) is 11.3 Å². The summed E-state index contributed by atoms with van der Waals surface area (Å²) in [7, 11) is 0. The molecule has 0 spiro atoms.